The van der Waals surface area contributed by atoms with Crippen molar-refractivity contribution in [2.45, 2.75) is 18.9 Å². The summed E-state index contributed by atoms with van der Waals surface area (Å²) in [6.45, 7) is 1.28. The Morgan fingerprint density at radius 1 is 1.39 bits per heavy atom. The van der Waals surface area contributed by atoms with Crippen LogP contribution in [-0.2, 0) is 4.74 Å². The average Bonchev–Trinajstić information content (AvgIpc) is 3.06. The number of nitrogens with one attached hydrogen (secondary N) is 2. The summed E-state index contributed by atoms with van der Waals surface area (Å²) in [5, 5.41) is 5.93. The zero-order chi connectivity index (χ0) is 16.1. The van der Waals surface area contributed by atoms with E-state index in [1.54, 1.807) is 12.3 Å². The molecule has 120 valence electrons. The molecule has 6 nitrogen and oxygen atoms in total. The number of anilines is 2. The van der Waals surface area contributed by atoms with E-state index >= 15 is 0 Å². The predicted octanol–water partition coefficient (Wildman–Crippen LogP) is 2.89. The molecule has 0 bridgehead atoms. The highest BCUT2D eigenvalue weighted by Gasteiger charge is 2.17. The zero-order valence-electron chi connectivity index (χ0n) is 12.5. The number of benzene rings is 1. The van der Waals surface area contributed by atoms with Crippen LogP contribution in [0.5, 0.6) is 0 Å². The third-order valence-corrected chi connectivity index (χ3v) is 3.98. The quantitative estimate of drug-likeness (QED) is 0.838. The second kappa shape index (κ2) is 7.52. The Morgan fingerprint density at radius 3 is 3.09 bits per heavy atom. The van der Waals surface area contributed by atoms with Gasteiger partial charge in [-0.2, -0.15) is 0 Å². The van der Waals surface area contributed by atoms with Gasteiger partial charge < -0.3 is 15.4 Å². The number of rotatable bonds is 5. The largest absolute Gasteiger partial charge is 0.376 e. The number of hydrogen-bond acceptors (Lipinski definition) is 5. The summed E-state index contributed by atoms with van der Waals surface area (Å²) in [5.41, 5.74) is 1.17. The average molecular weight is 377 g/mol. The topological polar surface area (TPSA) is 76.1 Å². The van der Waals surface area contributed by atoms with Gasteiger partial charge >= 0.3 is 0 Å². The molecule has 1 aliphatic heterocycles. The van der Waals surface area contributed by atoms with E-state index < -0.39 is 0 Å². The Bertz CT molecular complexity index is 689. The molecule has 1 fully saturated rings. The summed E-state index contributed by atoms with van der Waals surface area (Å²) >= 11 is 3.41. The molecule has 1 atom stereocenters. The molecule has 1 saturated heterocycles. The molecule has 2 N–H and O–H groups in total. The van der Waals surface area contributed by atoms with Crippen LogP contribution in [0.4, 0.5) is 11.6 Å². The summed E-state index contributed by atoms with van der Waals surface area (Å²) in [6.07, 6.45) is 3.71. The maximum absolute atomic E-state index is 12.2. The van der Waals surface area contributed by atoms with Crippen molar-refractivity contribution in [1.82, 2.24) is 15.3 Å². The molecule has 23 heavy (non-hydrogen) atoms. The van der Waals surface area contributed by atoms with Crippen LogP contribution in [0.15, 0.2) is 41.0 Å². The lowest BCUT2D eigenvalue weighted by molar-refractivity contribution is 0.0853. The second-order valence-electron chi connectivity index (χ2n) is 5.25. The van der Waals surface area contributed by atoms with Crippen molar-refractivity contribution in [3.8, 4) is 0 Å². The van der Waals surface area contributed by atoms with Crippen molar-refractivity contribution in [1.29, 1.82) is 0 Å². The van der Waals surface area contributed by atoms with E-state index in [9.17, 15) is 4.79 Å². The Kier molecular flexibility index (Phi) is 5.19. The maximum Gasteiger partial charge on any atom is 0.270 e. The Morgan fingerprint density at radius 2 is 2.30 bits per heavy atom. The van der Waals surface area contributed by atoms with Crippen molar-refractivity contribution in [2.24, 2.45) is 0 Å². The summed E-state index contributed by atoms with van der Waals surface area (Å²) in [5.74, 6) is 0.160. The molecular formula is C16H17BrN4O2. The Labute approximate surface area is 142 Å². The molecular weight excluding hydrogens is 360 g/mol. The van der Waals surface area contributed by atoms with Crippen LogP contribution in [-0.4, -0.2) is 35.1 Å². The fourth-order valence-electron chi connectivity index (χ4n) is 2.34. The summed E-state index contributed by atoms with van der Waals surface area (Å²) in [6, 6.07) is 9.24. The number of hydrogen-bond donors (Lipinski definition) is 2. The molecule has 1 unspecified atom stereocenters. The van der Waals surface area contributed by atoms with Crippen LogP contribution in [0.25, 0.3) is 0 Å². The second-order valence-corrected chi connectivity index (χ2v) is 6.16. The molecule has 7 heteroatoms. The molecule has 0 aliphatic carbocycles. The van der Waals surface area contributed by atoms with Crippen LogP contribution in [0.3, 0.4) is 0 Å². The van der Waals surface area contributed by atoms with E-state index in [-0.39, 0.29) is 12.0 Å². The molecule has 1 aromatic heterocycles. The fourth-order valence-corrected chi connectivity index (χ4v) is 2.74. The van der Waals surface area contributed by atoms with Gasteiger partial charge in [0.1, 0.15) is 5.69 Å². The number of amides is 1. The molecule has 1 aromatic carbocycles. The summed E-state index contributed by atoms with van der Waals surface area (Å²) < 4.78 is 6.44. The van der Waals surface area contributed by atoms with Crippen molar-refractivity contribution in [3.63, 3.8) is 0 Å². The molecule has 1 amide bonds. The first kappa shape index (κ1) is 15.9. The number of carbonyl (C=O) groups excluding carboxylic acids is 1. The van der Waals surface area contributed by atoms with Gasteiger partial charge in [0.05, 0.1) is 6.10 Å². The van der Waals surface area contributed by atoms with E-state index in [4.69, 9.17) is 4.74 Å². The van der Waals surface area contributed by atoms with Gasteiger partial charge in [-0.15, -0.1) is 0 Å². The van der Waals surface area contributed by atoms with Crippen molar-refractivity contribution >= 4 is 33.5 Å². The number of aromatic nitrogens is 2. The first-order chi connectivity index (χ1) is 11.2. The zero-order valence-corrected chi connectivity index (χ0v) is 14.0. The van der Waals surface area contributed by atoms with Gasteiger partial charge in [-0.1, -0.05) is 22.0 Å². The lowest BCUT2D eigenvalue weighted by Gasteiger charge is -2.11. The van der Waals surface area contributed by atoms with E-state index in [1.807, 2.05) is 24.3 Å². The number of nitrogens with zero attached hydrogens (tertiary/aromatic N) is 2. The Balaban J connectivity index is 1.63. The molecule has 3 rings (SSSR count). The molecule has 0 radical (unpaired) electrons. The van der Waals surface area contributed by atoms with Crippen LogP contribution >= 0.6 is 15.9 Å². The van der Waals surface area contributed by atoms with Gasteiger partial charge in [0.15, 0.2) is 0 Å². The van der Waals surface area contributed by atoms with Crippen molar-refractivity contribution in [2.75, 3.05) is 18.5 Å². The molecule has 2 aromatic rings. The first-order valence-electron chi connectivity index (χ1n) is 7.46. The standard InChI is InChI=1S/C16H17BrN4O2/c17-11-3-1-4-12(9-11)20-16-18-7-6-14(21-16)15(22)19-10-13-5-2-8-23-13/h1,3-4,6-7,9,13H,2,5,8,10H2,(H,19,22)(H,18,20,21). The van der Waals surface area contributed by atoms with Gasteiger partial charge in [-0.3, -0.25) is 4.79 Å². The highest BCUT2D eigenvalue weighted by Crippen LogP contribution is 2.18. The number of carbonyl (C=O) groups is 1. The molecule has 1 aliphatic rings. The van der Waals surface area contributed by atoms with Gasteiger partial charge in [-0.05, 0) is 37.1 Å². The lowest BCUT2D eigenvalue weighted by Crippen LogP contribution is -2.32. The van der Waals surface area contributed by atoms with Crippen LogP contribution in [0.1, 0.15) is 23.3 Å². The highest BCUT2D eigenvalue weighted by molar-refractivity contribution is 9.10. The van der Waals surface area contributed by atoms with E-state index in [2.05, 4.69) is 36.5 Å². The SMILES string of the molecule is O=C(NCC1CCCO1)c1ccnc(Nc2cccc(Br)c2)n1. The molecule has 0 spiro atoms. The molecule has 2 heterocycles. The summed E-state index contributed by atoms with van der Waals surface area (Å²) in [7, 11) is 0. The van der Waals surface area contributed by atoms with Crippen molar-refractivity contribution < 1.29 is 9.53 Å². The fraction of sp³-hybridized carbons (Fsp3) is 0.312. The minimum atomic E-state index is -0.222. The highest BCUT2D eigenvalue weighted by atomic mass is 79.9. The first-order valence-corrected chi connectivity index (χ1v) is 8.25. The van der Waals surface area contributed by atoms with Crippen molar-refractivity contribution in [3.05, 3.63) is 46.7 Å². The van der Waals surface area contributed by atoms with E-state index in [0.29, 0.717) is 18.2 Å². The van der Waals surface area contributed by atoms with Gasteiger partial charge in [-0.25, -0.2) is 9.97 Å². The van der Waals surface area contributed by atoms with Gasteiger partial charge in [0.2, 0.25) is 5.95 Å². The monoisotopic (exact) mass is 376 g/mol. The minimum absolute atomic E-state index is 0.111. The van der Waals surface area contributed by atoms with Gasteiger partial charge in [0, 0.05) is 29.5 Å². The van der Waals surface area contributed by atoms with E-state index in [0.717, 1.165) is 29.6 Å². The smallest absolute Gasteiger partial charge is 0.270 e. The predicted molar refractivity (Wildman–Crippen MR) is 90.8 cm³/mol. The van der Waals surface area contributed by atoms with Crippen LogP contribution < -0.4 is 10.6 Å². The third-order valence-electron chi connectivity index (χ3n) is 3.48. The minimum Gasteiger partial charge on any atom is -0.376 e. The molecule has 0 saturated carbocycles. The lowest BCUT2D eigenvalue weighted by atomic mass is 10.2. The normalized spacial score (nSPS) is 17.0. The number of ether oxygens (including phenoxy) is 1. The van der Waals surface area contributed by atoms with Crippen LogP contribution in [0, 0.1) is 0 Å². The maximum atomic E-state index is 12.2. The van der Waals surface area contributed by atoms with Gasteiger partial charge in [0.25, 0.3) is 5.91 Å². The number of halogens is 1. The van der Waals surface area contributed by atoms with Crippen LogP contribution in [0.2, 0.25) is 0 Å². The van der Waals surface area contributed by atoms with E-state index in [1.165, 1.54) is 0 Å². The Hall–Kier alpha value is -1.99. The summed E-state index contributed by atoms with van der Waals surface area (Å²) in [4.78, 5) is 20.6. The third kappa shape index (κ3) is 4.49.